The van der Waals surface area contributed by atoms with Gasteiger partial charge in [-0.15, -0.1) is 0 Å². The zero-order valence-corrected chi connectivity index (χ0v) is 17.3. The van der Waals surface area contributed by atoms with Crippen molar-refractivity contribution in [3.8, 4) is 5.75 Å². The molecule has 1 N–H and O–H groups in total. The number of benzene rings is 1. The van der Waals surface area contributed by atoms with Crippen LogP contribution in [0.4, 0.5) is 0 Å². The second-order valence-corrected chi connectivity index (χ2v) is 6.48. The van der Waals surface area contributed by atoms with Crippen molar-refractivity contribution in [3.63, 3.8) is 0 Å². The molecule has 0 saturated heterocycles. The molecule has 28 heavy (non-hydrogen) atoms. The molecule has 0 heterocycles. The van der Waals surface area contributed by atoms with E-state index in [-0.39, 0.29) is 18.0 Å². The van der Waals surface area contributed by atoms with Crippen LogP contribution in [0.3, 0.4) is 0 Å². The number of methoxy groups -OCH3 is 1. The summed E-state index contributed by atoms with van der Waals surface area (Å²) >= 11 is 0. The third-order valence-electron chi connectivity index (χ3n) is 4.39. The van der Waals surface area contributed by atoms with Crippen LogP contribution in [0.1, 0.15) is 25.3 Å². The zero-order chi connectivity index (χ0) is 21.6. The molecule has 1 aliphatic rings. The van der Waals surface area contributed by atoms with Crippen LogP contribution >= 0.6 is 0 Å². The number of carbonyl (C=O) groups excluding carboxylic acids is 3. The molecule has 0 atom stereocenters. The predicted molar refractivity (Wildman–Crippen MR) is 109 cm³/mol. The average molecular weight is 392 g/mol. The Balaban J connectivity index is 0.000000556. The van der Waals surface area contributed by atoms with Crippen molar-refractivity contribution in [2.75, 3.05) is 33.9 Å². The van der Waals surface area contributed by atoms with Crippen LogP contribution in [-0.4, -0.2) is 72.9 Å². The van der Waals surface area contributed by atoms with E-state index < -0.39 is 0 Å². The second-order valence-electron chi connectivity index (χ2n) is 6.48. The van der Waals surface area contributed by atoms with Gasteiger partial charge in [0.15, 0.2) is 0 Å². The zero-order valence-electron chi connectivity index (χ0n) is 17.3. The van der Waals surface area contributed by atoms with E-state index in [0.29, 0.717) is 25.8 Å². The van der Waals surface area contributed by atoms with Crippen LogP contribution in [0.2, 0.25) is 0 Å². The van der Waals surface area contributed by atoms with E-state index in [1.165, 1.54) is 16.5 Å². The van der Waals surface area contributed by atoms with Gasteiger partial charge in [-0.1, -0.05) is 24.3 Å². The van der Waals surface area contributed by atoms with E-state index in [1.54, 1.807) is 12.0 Å². The molecule has 1 fully saturated rings. The summed E-state index contributed by atoms with van der Waals surface area (Å²) in [5.74, 6) is 0.794. The van der Waals surface area contributed by atoms with Gasteiger partial charge in [-0.05, 0) is 44.9 Å². The Morgan fingerprint density at radius 3 is 2.18 bits per heavy atom. The topological polar surface area (TPSA) is 87.2 Å². The van der Waals surface area contributed by atoms with Crippen LogP contribution in [0, 0.1) is 6.92 Å². The van der Waals surface area contributed by atoms with Crippen LogP contribution in [0.25, 0.3) is 0 Å². The molecule has 2 rings (SSSR count). The Morgan fingerprint density at radius 2 is 1.79 bits per heavy atom. The minimum Gasteiger partial charge on any atom is -0.497 e. The van der Waals surface area contributed by atoms with Gasteiger partial charge in [0.25, 0.3) is 0 Å². The molecule has 1 saturated carbocycles. The largest absolute Gasteiger partial charge is 0.497 e. The fraction of sp³-hybridized carbons (Fsp3) is 0.476. The second kappa shape index (κ2) is 13.5. The maximum Gasteiger partial charge on any atom is 0.246 e. The number of ether oxygens (including phenoxy) is 1. The number of hydrogen-bond donors (Lipinski definition) is 1. The maximum atomic E-state index is 11.7. The van der Waals surface area contributed by atoms with Crippen LogP contribution < -0.4 is 4.74 Å². The smallest absolute Gasteiger partial charge is 0.246 e. The number of aliphatic hydroxyl groups excluding tert-OH is 1. The van der Waals surface area contributed by atoms with Gasteiger partial charge in [0.1, 0.15) is 12.0 Å². The average Bonchev–Trinajstić information content (AvgIpc) is 3.47. The number of hydrogen-bond acceptors (Lipinski definition) is 5. The first-order valence-electron chi connectivity index (χ1n) is 9.02. The van der Waals surface area contributed by atoms with Gasteiger partial charge in [0.05, 0.1) is 13.7 Å². The van der Waals surface area contributed by atoms with Gasteiger partial charge in [-0.3, -0.25) is 9.59 Å². The molecule has 0 spiro atoms. The molecule has 1 aromatic rings. The minimum absolute atomic E-state index is 0.0658. The Hall–Kier alpha value is -2.67. The van der Waals surface area contributed by atoms with Crippen LogP contribution in [0.5, 0.6) is 5.75 Å². The minimum atomic E-state index is -0.123. The van der Waals surface area contributed by atoms with Gasteiger partial charge < -0.3 is 24.4 Å². The summed E-state index contributed by atoms with van der Waals surface area (Å²) in [5.41, 5.74) is 1.16. The summed E-state index contributed by atoms with van der Waals surface area (Å²) in [6, 6.07) is 7.96. The lowest BCUT2D eigenvalue weighted by Crippen LogP contribution is -2.44. The van der Waals surface area contributed by atoms with Crippen molar-refractivity contribution in [3.05, 3.63) is 42.5 Å². The normalized spacial score (nSPS) is 12.8. The number of aryl methyl sites for hydroxylation is 1. The third-order valence-corrected chi connectivity index (χ3v) is 4.39. The third kappa shape index (κ3) is 8.81. The van der Waals surface area contributed by atoms with Crippen molar-refractivity contribution < 1.29 is 24.2 Å². The monoisotopic (exact) mass is 392 g/mol. The highest BCUT2D eigenvalue weighted by atomic mass is 16.5. The van der Waals surface area contributed by atoms with Crippen LogP contribution in [0.15, 0.2) is 36.9 Å². The molecule has 1 aromatic carbocycles. The van der Waals surface area contributed by atoms with E-state index in [4.69, 9.17) is 9.84 Å². The summed E-state index contributed by atoms with van der Waals surface area (Å²) in [7, 11) is 2.67. The molecule has 7 nitrogen and oxygen atoms in total. The first kappa shape index (κ1) is 25.3. The summed E-state index contributed by atoms with van der Waals surface area (Å²) in [4.78, 5) is 35.7. The SMILES string of the molecule is C=CC(=O)N(CCN(C=O)CC=O)C1(C)CC1.CO.COc1ccc(C)cc1. The van der Waals surface area contributed by atoms with Gasteiger partial charge >= 0.3 is 0 Å². The first-order chi connectivity index (χ1) is 13.4. The van der Waals surface area contributed by atoms with Crippen molar-refractivity contribution >= 4 is 18.6 Å². The Labute approximate surface area is 167 Å². The van der Waals surface area contributed by atoms with Crippen molar-refractivity contribution in [2.24, 2.45) is 0 Å². The molecule has 2 amide bonds. The van der Waals surface area contributed by atoms with E-state index in [1.807, 2.05) is 31.2 Å². The predicted octanol–water partition coefficient (Wildman–Crippen LogP) is 1.82. The number of nitrogens with zero attached hydrogens (tertiary/aromatic N) is 2. The molecule has 0 bridgehead atoms. The molecule has 1 aliphatic carbocycles. The van der Waals surface area contributed by atoms with Gasteiger partial charge in [0.2, 0.25) is 12.3 Å². The van der Waals surface area contributed by atoms with Crippen LogP contribution in [-0.2, 0) is 14.4 Å². The van der Waals surface area contributed by atoms with Gasteiger partial charge in [-0.2, -0.15) is 0 Å². The quantitative estimate of drug-likeness (QED) is 0.512. The molecule has 0 radical (unpaired) electrons. The summed E-state index contributed by atoms with van der Waals surface area (Å²) in [5, 5.41) is 7.00. The molecule has 0 aromatic heterocycles. The molecular formula is C21H32N2O5. The molecule has 156 valence electrons. The van der Waals surface area contributed by atoms with E-state index in [9.17, 15) is 14.4 Å². The summed E-state index contributed by atoms with van der Waals surface area (Å²) in [6.45, 7) is 8.42. The van der Waals surface area contributed by atoms with Crippen molar-refractivity contribution in [1.82, 2.24) is 9.80 Å². The van der Waals surface area contributed by atoms with Gasteiger partial charge in [-0.25, -0.2) is 0 Å². The highest BCUT2D eigenvalue weighted by Crippen LogP contribution is 2.41. The lowest BCUT2D eigenvalue weighted by molar-refractivity contribution is -0.130. The Morgan fingerprint density at radius 1 is 1.21 bits per heavy atom. The maximum absolute atomic E-state index is 11.7. The first-order valence-corrected chi connectivity index (χ1v) is 9.02. The summed E-state index contributed by atoms with van der Waals surface area (Å²) < 4.78 is 4.97. The highest BCUT2D eigenvalue weighted by molar-refractivity contribution is 5.88. The molecular weight excluding hydrogens is 360 g/mol. The number of rotatable bonds is 9. The fourth-order valence-electron chi connectivity index (χ4n) is 2.39. The Kier molecular flexibility index (Phi) is 12.2. The van der Waals surface area contributed by atoms with Gasteiger partial charge in [0, 0.05) is 25.7 Å². The molecule has 0 unspecified atom stereocenters. The summed E-state index contributed by atoms with van der Waals surface area (Å²) in [6.07, 6.45) is 4.53. The van der Waals surface area contributed by atoms with E-state index in [2.05, 4.69) is 13.5 Å². The fourth-order valence-corrected chi connectivity index (χ4v) is 2.39. The number of amides is 2. The number of aliphatic hydroxyl groups is 1. The number of aldehydes is 1. The van der Waals surface area contributed by atoms with Crippen molar-refractivity contribution in [1.29, 1.82) is 0 Å². The number of carbonyl (C=O) groups is 3. The Bertz CT molecular complexity index is 612. The van der Waals surface area contributed by atoms with Crippen molar-refractivity contribution in [2.45, 2.75) is 32.2 Å². The lowest BCUT2D eigenvalue weighted by atomic mass is 10.2. The van der Waals surface area contributed by atoms with E-state index >= 15 is 0 Å². The lowest BCUT2D eigenvalue weighted by Gasteiger charge is -2.29. The standard InChI is InChI=1S/C12H18N2O3.C8H10O.CH4O/c1-3-11(17)14(12(2)4-5-12)7-6-13(10-16)8-9-15;1-7-3-5-8(9-2)6-4-7;1-2/h3,9-10H,1,4-8H2,2H3;3-6H,1-2H3;2H,1H3. The molecule has 0 aliphatic heterocycles. The molecule has 7 heteroatoms. The van der Waals surface area contributed by atoms with E-state index in [0.717, 1.165) is 25.7 Å². The highest BCUT2D eigenvalue weighted by Gasteiger charge is 2.44.